The number of aromatic amines is 1. The van der Waals surface area contributed by atoms with Crippen LogP contribution in [0.3, 0.4) is 0 Å². The van der Waals surface area contributed by atoms with Crippen molar-refractivity contribution in [2.75, 3.05) is 0 Å². The maximum Gasteiger partial charge on any atom is 0.343 e. The van der Waals surface area contributed by atoms with Gasteiger partial charge in [-0.1, -0.05) is 6.92 Å². The Labute approximate surface area is 101 Å². The van der Waals surface area contributed by atoms with Crippen LogP contribution < -0.4 is 5.69 Å². The molecular formula is C12H11F2N3O. The molecule has 1 unspecified atom stereocenters. The van der Waals surface area contributed by atoms with Crippen LogP contribution in [0.4, 0.5) is 8.78 Å². The van der Waals surface area contributed by atoms with E-state index in [4.69, 9.17) is 0 Å². The summed E-state index contributed by atoms with van der Waals surface area (Å²) in [6.07, 6.45) is 0.620. The van der Waals surface area contributed by atoms with Crippen LogP contribution in [-0.2, 0) is 0 Å². The van der Waals surface area contributed by atoms with Crippen LogP contribution in [-0.4, -0.2) is 14.8 Å². The largest absolute Gasteiger partial charge is 0.343 e. The predicted octanol–water partition coefficient (Wildman–Crippen LogP) is 1.95. The maximum atomic E-state index is 13.2. The number of nitrogens with zero attached hydrogens (tertiary/aromatic N) is 2. The molecule has 1 aromatic heterocycles. The van der Waals surface area contributed by atoms with Crippen molar-refractivity contribution in [1.29, 1.82) is 0 Å². The van der Waals surface area contributed by atoms with Crippen molar-refractivity contribution in [2.45, 2.75) is 25.3 Å². The molecule has 4 nitrogen and oxygen atoms in total. The number of H-pyrrole nitrogens is 1. The highest BCUT2D eigenvalue weighted by molar-refractivity contribution is 5.25. The average molecular weight is 251 g/mol. The van der Waals surface area contributed by atoms with Gasteiger partial charge in [0.25, 0.3) is 0 Å². The third kappa shape index (κ3) is 1.56. The van der Waals surface area contributed by atoms with E-state index in [2.05, 4.69) is 10.2 Å². The van der Waals surface area contributed by atoms with Gasteiger partial charge in [-0.15, -0.1) is 0 Å². The van der Waals surface area contributed by atoms with E-state index in [1.54, 1.807) is 0 Å². The molecule has 0 radical (unpaired) electrons. The Morgan fingerprint density at radius 1 is 1.33 bits per heavy atom. The van der Waals surface area contributed by atoms with Gasteiger partial charge in [-0.3, -0.25) is 4.57 Å². The molecule has 2 atom stereocenters. The summed E-state index contributed by atoms with van der Waals surface area (Å²) in [6, 6.07) is 2.98. The fourth-order valence-corrected chi connectivity index (χ4v) is 2.56. The Hall–Kier alpha value is -1.98. The predicted molar refractivity (Wildman–Crippen MR) is 60.4 cm³/mol. The Morgan fingerprint density at radius 2 is 2.00 bits per heavy atom. The molecule has 6 heteroatoms. The minimum absolute atomic E-state index is 0.0836. The molecule has 3 rings (SSSR count). The second-order valence-corrected chi connectivity index (χ2v) is 4.61. The lowest BCUT2D eigenvalue weighted by Crippen LogP contribution is -2.20. The molecule has 18 heavy (non-hydrogen) atoms. The zero-order valence-electron chi connectivity index (χ0n) is 9.65. The molecular weight excluding hydrogens is 240 g/mol. The SMILES string of the molecule is C[C@H]1CC(c2cc(F)cc(F)c2)n2c1n[nH]c2=O. The summed E-state index contributed by atoms with van der Waals surface area (Å²) < 4.78 is 27.9. The quantitative estimate of drug-likeness (QED) is 0.842. The maximum absolute atomic E-state index is 13.2. The van der Waals surface area contributed by atoms with Crippen molar-refractivity contribution in [3.63, 3.8) is 0 Å². The Balaban J connectivity index is 2.14. The molecule has 0 spiro atoms. The first-order valence-corrected chi connectivity index (χ1v) is 5.69. The Bertz CT molecular complexity index is 641. The third-order valence-corrected chi connectivity index (χ3v) is 3.33. The van der Waals surface area contributed by atoms with E-state index in [1.807, 2.05) is 6.92 Å². The summed E-state index contributed by atoms with van der Waals surface area (Å²) in [4.78, 5) is 11.7. The van der Waals surface area contributed by atoms with E-state index in [1.165, 1.54) is 16.7 Å². The minimum Gasteiger partial charge on any atom is -0.271 e. The molecule has 1 N–H and O–H groups in total. The zero-order valence-corrected chi connectivity index (χ0v) is 9.65. The van der Waals surface area contributed by atoms with Gasteiger partial charge in [0.2, 0.25) is 0 Å². The Kier molecular flexibility index (Phi) is 2.33. The molecule has 1 aliphatic heterocycles. The van der Waals surface area contributed by atoms with Crippen LogP contribution >= 0.6 is 0 Å². The van der Waals surface area contributed by atoms with Gasteiger partial charge < -0.3 is 0 Å². The van der Waals surface area contributed by atoms with Crippen LogP contribution in [0.5, 0.6) is 0 Å². The molecule has 0 bridgehead atoms. The Morgan fingerprint density at radius 3 is 2.67 bits per heavy atom. The highest BCUT2D eigenvalue weighted by Gasteiger charge is 2.32. The summed E-state index contributed by atoms with van der Waals surface area (Å²) in [5.41, 5.74) is 0.116. The first-order chi connectivity index (χ1) is 8.56. The van der Waals surface area contributed by atoms with E-state index in [9.17, 15) is 13.6 Å². The van der Waals surface area contributed by atoms with Crippen LogP contribution in [0.25, 0.3) is 0 Å². The van der Waals surface area contributed by atoms with E-state index >= 15 is 0 Å². The van der Waals surface area contributed by atoms with Gasteiger partial charge in [-0.05, 0) is 24.1 Å². The monoisotopic (exact) mass is 251 g/mol. The molecule has 1 aromatic carbocycles. The summed E-state index contributed by atoms with van der Waals surface area (Å²) in [7, 11) is 0. The van der Waals surface area contributed by atoms with E-state index in [-0.39, 0.29) is 17.6 Å². The van der Waals surface area contributed by atoms with Crippen molar-refractivity contribution in [3.05, 3.63) is 51.7 Å². The van der Waals surface area contributed by atoms with Gasteiger partial charge in [0, 0.05) is 12.0 Å². The zero-order chi connectivity index (χ0) is 12.9. The van der Waals surface area contributed by atoms with Crippen molar-refractivity contribution in [3.8, 4) is 0 Å². The number of aromatic nitrogens is 3. The lowest BCUT2D eigenvalue weighted by molar-refractivity contribution is 0.545. The van der Waals surface area contributed by atoms with Gasteiger partial charge in [-0.25, -0.2) is 18.7 Å². The average Bonchev–Trinajstić information content (AvgIpc) is 2.81. The number of rotatable bonds is 1. The molecule has 0 saturated heterocycles. The van der Waals surface area contributed by atoms with Gasteiger partial charge in [0.15, 0.2) is 0 Å². The highest BCUT2D eigenvalue weighted by atomic mass is 19.1. The summed E-state index contributed by atoms with van der Waals surface area (Å²) in [5.74, 6) is -0.555. The summed E-state index contributed by atoms with van der Waals surface area (Å²) in [5, 5.41) is 6.30. The second-order valence-electron chi connectivity index (χ2n) is 4.61. The number of benzene rings is 1. The molecule has 0 aliphatic carbocycles. The number of halogens is 2. The lowest BCUT2D eigenvalue weighted by Gasteiger charge is -2.12. The molecule has 2 aromatic rings. The van der Waals surface area contributed by atoms with Crippen LogP contribution in [0.2, 0.25) is 0 Å². The molecule has 1 aliphatic rings. The number of nitrogens with one attached hydrogen (secondary N) is 1. The van der Waals surface area contributed by atoms with Crippen LogP contribution in [0.15, 0.2) is 23.0 Å². The van der Waals surface area contributed by atoms with Crippen molar-refractivity contribution < 1.29 is 8.78 Å². The first-order valence-electron chi connectivity index (χ1n) is 5.69. The second kappa shape index (κ2) is 3.76. The smallest absolute Gasteiger partial charge is 0.271 e. The van der Waals surface area contributed by atoms with Crippen LogP contribution in [0, 0.1) is 11.6 Å². The minimum atomic E-state index is -0.636. The van der Waals surface area contributed by atoms with E-state index < -0.39 is 11.6 Å². The van der Waals surface area contributed by atoms with Crippen molar-refractivity contribution >= 4 is 0 Å². The third-order valence-electron chi connectivity index (χ3n) is 3.33. The molecule has 94 valence electrons. The van der Waals surface area contributed by atoms with Crippen molar-refractivity contribution in [2.24, 2.45) is 0 Å². The topological polar surface area (TPSA) is 50.7 Å². The molecule has 2 heterocycles. The highest BCUT2D eigenvalue weighted by Crippen LogP contribution is 2.37. The van der Waals surface area contributed by atoms with E-state index in [0.29, 0.717) is 17.8 Å². The normalized spacial score (nSPS) is 22.2. The molecule has 0 amide bonds. The number of hydrogen-bond acceptors (Lipinski definition) is 2. The molecule has 0 saturated carbocycles. The molecule has 0 fully saturated rings. The standard InChI is InChI=1S/C12H11F2N3O/c1-6-2-10(17-11(6)15-16-12(17)18)7-3-8(13)5-9(14)4-7/h3-6,10H,2H2,1H3,(H,16,18)/t6-,10?/m0/s1. The number of hydrogen-bond donors (Lipinski definition) is 1. The fourth-order valence-electron chi connectivity index (χ4n) is 2.56. The van der Waals surface area contributed by atoms with Crippen LogP contribution in [0.1, 0.15) is 36.7 Å². The van der Waals surface area contributed by atoms with Gasteiger partial charge in [-0.2, -0.15) is 5.10 Å². The summed E-state index contributed by atoms with van der Waals surface area (Å²) >= 11 is 0. The first kappa shape index (κ1) is 11.1. The fraction of sp³-hybridized carbons (Fsp3) is 0.333. The van der Waals surface area contributed by atoms with Gasteiger partial charge in [0.05, 0.1) is 6.04 Å². The number of fused-ring (bicyclic) bond motifs is 1. The lowest BCUT2D eigenvalue weighted by atomic mass is 10.00. The summed E-state index contributed by atoms with van der Waals surface area (Å²) in [6.45, 7) is 1.93. The van der Waals surface area contributed by atoms with E-state index in [0.717, 1.165) is 6.07 Å². The van der Waals surface area contributed by atoms with Gasteiger partial charge >= 0.3 is 5.69 Å². The van der Waals surface area contributed by atoms with Crippen molar-refractivity contribution in [1.82, 2.24) is 14.8 Å². The van der Waals surface area contributed by atoms with Gasteiger partial charge in [0.1, 0.15) is 17.5 Å².